The number of carbonyl (C=O) groups excluding carboxylic acids is 1. The molecule has 0 saturated carbocycles. The molecule has 0 spiro atoms. The fourth-order valence-electron chi connectivity index (χ4n) is 2.64. The Kier molecular flexibility index (Phi) is 7.13. The summed E-state index contributed by atoms with van der Waals surface area (Å²) in [6, 6.07) is 4.18. The number of aromatic nitrogens is 1. The molecule has 1 N–H and O–H groups in total. The van der Waals surface area contributed by atoms with E-state index in [-0.39, 0.29) is 6.09 Å². The number of amides is 1. The minimum absolute atomic E-state index is 0.185. The molecule has 1 aromatic heterocycles. The molecule has 1 unspecified atom stereocenters. The number of nitrogens with one attached hydrogen (secondary N) is 1. The van der Waals surface area contributed by atoms with E-state index in [2.05, 4.69) is 17.2 Å². The molecule has 23 heavy (non-hydrogen) atoms. The second kappa shape index (κ2) is 9.35. The van der Waals surface area contributed by atoms with E-state index in [4.69, 9.17) is 9.47 Å². The molecule has 0 bridgehead atoms. The maximum absolute atomic E-state index is 12.0. The van der Waals surface area contributed by atoms with Crippen LogP contribution in [0.5, 0.6) is 5.88 Å². The lowest BCUT2D eigenvalue weighted by atomic mass is 10.1. The zero-order valence-corrected chi connectivity index (χ0v) is 14.1. The summed E-state index contributed by atoms with van der Waals surface area (Å²) in [5.74, 6) is 0.620. The summed E-state index contributed by atoms with van der Waals surface area (Å²) in [6.07, 6.45) is 5.59. The van der Waals surface area contributed by atoms with Crippen LogP contribution >= 0.6 is 0 Å². The van der Waals surface area contributed by atoms with Crippen molar-refractivity contribution in [1.82, 2.24) is 15.2 Å². The number of hydrogen-bond donors (Lipinski definition) is 1. The molecule has 0 aliphatic carbocycles. The number of carbonyl (C=O) groups is 1. The van der Waals surface area contributed by atoms with E-state index in [1.807, 2.05) is 17.0 Å². The Morgan fingerprint density at radius 2 is 2.39 bits per heavy atom. The highest BCUT2D eigenvalue weighted by Crippen LogP contribution is 2.13. The van der Waals surface area contributed by atoms with Gasteiger partial charge in [0, 0.05) is 37.9 Å². The van der Waals surface area contributed by atoms with E-state index >= 15 is 0 Å². The fourth-order valence-corrected chi connectivity index (χ4v) is 2.64. The smallest absolute Gasteiger partial charge is 0.409 e. The van der Waals surface area contributed by atoms with Crippen molar-refractivity contribution in [3.63, 3.8) is 0 Å². The van der Waals surface area contributed by atoms with Gasteiger partial charge in [0.1, 0.15) is 0 Å². The normalized spacial score (nSPS) is 17.8. The van der Waals surface area contributed by atoms with E-state index in [0.717, 1.165) is 44.3 Å². The predicted octanol–water partition coefficient (Wildman–Crippen LogP) is 2.58. The van der Waals surface area contributed by atoms with E-state index < -0.39 is 0 Å². The van der Waals surface area contributed by atoms with E-state index in [1.165, 1.54) is 0 Å². The molecule has 1 amide bonds. The van der Waals surface area contributed by atoms with Crippen LogP contribution in [-0.2, 0) is 11.3 Å². The molecule has 2 rings (SSSR count). The van der Waals surface area contributed by atoms with Crippen molar-refractivity contribution in [3.8, 4) is 5.88 Å². The minimum Gasteiger partial charge on any atom is -0.481 e. The Labute approximate surface area is 138 Å². The number of ether oxygens (including phenoxy) is 2. The monoisotopic (exact) mass is 321 g/mol. The van der Waals surface area contributed by atoms with Crippen molar-refractivity contribution in [2.24, 2.45) is 0 Å². The summed E-state index contributed by atoms with van der Waals surface area (Å²) >= 11 is 0. The molecule has 1 saturated heterocycles. The van der Waals surface area contributed by atoms with Gasteiger partial charge in [-0.3, -0.25) is 0 Å². The van der Waals surface area contributed by atoms with Gasteiger partial charge in [0.2, 0.25) is 5.88 Å². The number of pyridine rings is 1. The van der Waals surface area contributed by atoms with Gasteiger partial charge in [0.15, 0.2) is 0 Å². The Bertz CT molecular complexity index is 496. The van der Waals surface area contributed by atoms with E-state index in [0.29, 0.717) is 25.1 Å². The number of nitrogens with zero attached hydrogens (tertiary/aromatic N) is 2. The first kappa shape index (κ1) is 17.5. The Balaban J connectivity index is 1.78. The molecule has 6 heteroatoms. The number of hydrogen-bond acceptors (Lipinski definition) is 5. The third kappa shape index (κ3) is 5.71. The van der Waals surface area contributed by atoms with E-state index in [1.54, 1.807) is 13.3 Å². The van der Waals surface area contributed by atoms with Gasteiger partial charge in [0.05, 0.1) is 13.7 Å². The van der Waals surface area contributed by atoms with Crippen LogP contribution in [0.4, 0.5) is 4.79 Å². The van der Waals surface area contributed by atoms with Crippen LogP contribution in [0, 0.1) is 0 Å². The van der Waals surface area contributed by atoms with Crippen LogP contribution in [-0.4, -0.2) is 48.8 Å². The summed E-state index contributed by atoms with van der Waals surface area (Å²) in [5.41, 5.74) is 1.12. The summed E-state index contributed by atoms with van der Waals surface area (Å²) in [7, 11) is 1.61. The Hall–Kier alpha value is -1.82. The summed E-state index contributed by atoms with van der Waals surface area (Å²) in [5, 5.41) is 3.51. The molecular weight excluding hydrogens is 294 g/mol. The maximum atomic E-state index is 12.0. The van der Waals surface area contributed by atoms with Gasteiger partial charge in [-0.1, -0.05) is 13.3 Å². The van der Waals surface area contributed by atoms with Gasteiger partial charge in [-0.05, 0) is 30.9 Å². The number of methoxy groups -OCH3 is 1. The standard InChI is InChI=1S/C17H27N3O3/c1-3-4-10-23-17(21)20-9-5-6-15(13-20)19-12-14-7-8-18-16(11-14)22-2/h7-8,11,15,19H,3-6,9-10,12-13H2,1-2H3. The van der Waals surface area contributed by atoms with Gasteiger partial charge in [-0.15, -0.1) is 0 Å². The van der Waals surface area contributed by atoms with Crippen molar-refractivity contribution in [3.05, 3.63) is 23.9 Å². The van der Waals surface area contributed by atoms with Gasteiger partial charge in [0.25, 0.3) is 0 Å². The highest BCUT2D eigenvalue weighted by molar-refractivity contribution is 5.67. The van der Waals surface area contributed by atoms with Gasteiger partial charge in [-0.25, -0.2) is 9.78 Å². The molecule has 128 valence electrons. The molecule has 1 aromatic rings. The molecule has 1 aliphatic rings. The number of unbranched alkanes of at least 4 members (excludes halogenated alkanes) is 1. The van der Waals surface area contributed by atoms with E-state index in [9.17, 15) is 4.79 Å². The third-order valence-corrected chi connectivity index (χ3v) is 4.01. The lowest BCUT2D eigenvalue weighted by Crippen LogP contribution is -2.48. The van der Waals surface area contributed by atoms with Crippen LogP contribution in [0.3, 0.4) is 0 Å². The van der Waals surface area contributed by atoms with Crippen LogP contribution in [0.15, 0.2) is 18.3 Å². The second-order valence-electron chi connectivity index (χ2n) is 5.84. The number of piperidine rings is 1. The average molecular weight is 321 g/mol. The molecule has 0 radical (unpaired) electrons. The van der Waals surface area contributed by atoms with Gasteiger partial charge in [-0.2, -0.15) is 0 Å². The molecule has 1 atom stereocenters. The third-order valence-electron chi connectivity index (χ3n) is 4.01. The van der Waals surface area contributed by atoms with Crippen molar-refractivity contribution < 1.29 is 14.3 Å². The first-order valence-corrected chi connectivity index (χ1v) is 8.37. The van der Waals surface area contributed by atoms with Crippen LogP contribution in [0.1, 0.15) is 38.2 Å². The number of rotatable bonds is 7. The topological polar surface area (TPSA) is 63.7 Å². The van der Waals surface area contributed by atoms with Crippen LogP contribution in [0.2, 0.25) is 0 Å². The Morgan fingerprint density at radius 3 is 3.17 bits per heavy atom. The Morgan fingerprint density at radius 1 is 1.52 bits per heavy atom. The number of likely N-dealkylation sites (tertiary alicyclic amines) is 1. The average Bonchev–Trinajstić information content (AvgIpc) is 2.60. The van der Waals surface area contributed by atoms with Crippen LogP contribution in [0.25, 0.3) is 0 Å². The maximum Gasteiger partial charge on any atom is 0.409 e. The van der Waals surface area contributed by atoms with Crippen molar-refractivity contribution in [2.45, 2.75) is 45.2 Å². The van der Waals surface area contributed by atoms with Gasteiger partial charge >= 0.3 is 6.09 Å². The minimum atomic E-state index is -0.185. The zero-order chi connectivity index (χ0) is 16.5. The van der Waals surface area contributed by atoms with Gasteiger partial charge < -0.3 is 19.7 Å². The molecular formula is C17H27N3O3. The van der Waals surface area contributed by atoms with Crippen molar-refractivity contribution >= 4 is 6.09 Å². The SMILES string of the molecule is CCCCOC(=O)N1CCCC(NCc2ccnc(OC)c2)C1. The first-order valence-electron chi connectivity index (χ1n) is 8.37. The zero-order valence-electron chi connectivity index (χ0n) is 14.1. The predicted molar refractivity (Wildman–Crippen MR) is 88.5 cm³/mol. The van der Waals surface area contributed by atoms with Crippen molar-refractivity contribution in [1.29, 1.82) is 0 Å². The van der Waals surface area contributed by atoms with Crippen molar-refractivity contribution in [2.75, 3.05) is 26.8 Å². The molecule has 1 fully saturated rings. The second-order valence-corrected chi connectivity index (χ2v) is 5.84. The summed E-state index contributed by atoms with van der Waals surface area (Å²) in [6.45, 7) is 4.82. The molecule has 0 aromatic carbocycles. The molecule has 6 nitrogen and oxygen atoms in total. The highest BCUT2D eigenvalue weighted by Gasteiger charge is 2.24. The largest absolute Gasteiger partial charge is 0.481 e. The molecule has 1 aliphatic heterocycles. The molecule has 2 heterocycles. The quantitative estimate of drug-likeness (QED) is 0.782. The summed E-state index contributed by atoms with van der Waals surface area (Å²) in [4.78, 5) is 17.9. The first-order chi connectivity index (χ1) is 11.2. The summed E-state index contributed by atoms with van der Waals surface area (Å²) < 4.78 is 10.4. The lowest BCUT2D eigenvalue weighted by Gasteiger charge is -2.32. The lowest BCUT2D eigenvalue weighted by molar-refractivity contribution is 0.0876. The highest BCUT2D eigenvalue weighted by atomic mass is 16.6. The van der Waals surface area contributed by atoms with Crippen LogP contribution < -0.4 is 10.1 Å². The fraction of sp³-hybridized carbons (Fsp3) is 0.647.